The van der Waals surface area contributed by atoms with Crippen LogP contribution in [0.4, 0.5) is 4.79 Å². The Kier molecular flexibility index (Phi) is 7.10. The fourth-order valence-corrected chi connectivity index (χ4v) is 3.98. The van der Waals surface area contributed by atoms with Crippen molar-refractivity contribution < 1.29 is 23.9 Å². The molecular formula is C22H29N3O5. The van der Waals surface area contributed by atoms with Crippen molar-refractivity contribution in [1.82, 2.24) is 15.5 Å². The first-order valence-electron chi connectivity index (χ1n) is 10.3. The topological polar surface area (TPSA) is 97.0 Å². The molecule has 2 heterocycles. The summed E-state index contributed by atoms with van der Waals surface area (Å²) < 4.78 is 10.2. The lowest BCUT2D eigenvalue weighted by molar-refractivity contribution is -0.150. The molecule has 2 aliphatic rings. The molecule has 1 aromatic rings. The summed E-state index contributed by atoms with van der Waals surface area (Å²) in [5.41, 5.74) is 2.76. The van der Waals surface area contributed by atoms with Gasteiger partial charge in [-0.15, -0.1) is 0 Å². The number of nitrogens with zero attached hydrogens (tertiary/aromatic N) is 1. The molecule has 2 unspecified atom stereocenters. The highest BCUT2D eigenvalue weighted by molar-refractivity contribution is 5.95. The second kappa shape index (κ2) is 9.75. The Morgan fingerprint density at radius 2 is 1.97 bits per heavy atom. The Hall–Kier alpha value is -2.87. The van der Waals surface area contributed by atoms with E-state index >= 15 is 0 Å². The molecule has 0 aliphatic carbocycles. The smallest absolute Gasteiger partial charge is 0.338 e. The van der Waals surface area contributed by atoms with Crippen LogP contribution in [0.1, 0.15) is 36.9 Å². The Morgan fingerprint density at radius 3 is 2.63 bits per heavy atom. The van der Waals surface area contributed by atoms with Gasteiger partial charge in [-0.1, -0.05) is 29.8 Å². The maximum atomic E-state index is 12.7. The summed E-state index contributed by atoms with van der Waals surface area (Å²) >= 11 is 0. The molecule has 0 spiro atoms. The third-order valence-corrected chi connectivity index (χ3v) is 5.48. The van der Waals surface area contributed by atoms with Crippen molar-refractivity contribution in [2.75, 3.05) is 33.4 Å². The number of carbonyl (C=O) groups excluding carboxylic acids is 3. The van der Waals surface area contributed by atoms with E-state index in [-0.39, 0.29) is 17.9 Å². The number of likely N-dealkylation sites (tertiary alicyclic amines) is 1. The quantitative estimate of drug-likeness (QED) is 0.691. The first-order chi connectivity index (χ1) is 14.4. The number of aryl methyl sites for hydroxylation is 1. The Bertz CT molecular complexity index is 834. The van der Waals surface area contributed by atoms with Crippen LogP contribution in [-0.4, -0.2) is 56.2 Å². The molecular weight excluding hydrogens is 386 g/mol. The Labute approximate surface area is 176 Å². The minimum Gasteiger partial charge on any atom is -0.466 e. The zero-order valence-corrected chi connectivity index (χ0v) is 17.7. The first kappa shape index (κ1) is 21.8. The number of methoxy groups -OCH3 is 1. The highest BCUT2D eigenvalue weighted by atomic mass is 16.5. The zero-order chi connectivity index (χ0) is 21.7. The number of rotatable bonds is 6. The van der Waals surface area contributed by atoms with Crippen molar-refractivity contribution in [3.05, 3.63) is 46.7 Å². The zero-order valence-electron chi connectivity index (χ0n) is 17.7. The summed E-state index contributed by atoms with van der Waals surface area (Å²) in [7, 11) is 1.33. The summed E-state index contributed by atoms with van der Waals surface area (Å²) in [6, 6.07) is 6.68. The van der Waals surface area contributed by atoms with Crippen molar-refractivity contribution in [3.8, 4) is 0 Å². The molecule has 2 N–H and O–H groups in total. The fraction of sp³-hybridized carbons (Fsp3) is 0.500. The standard InChI is InChI=1S/C22H29N3O5/c1-4-30-20(26)16-6-5-11-25(12-16)13-17-18(21(27)29-3)19(24-22(28)23-17)15-9-7-14(2)8-10-15/h7-10,16,19H,4-6,11-13H2,1-3H3,(H2,23,24,28). The van der Waals surface area contributed by atoms with Crippen molar-refractivity contribution in [3.63, 3.8) is 0 Å². The summed E-state index contributed by atoms with van der Waals surface area (Å²) in [5, 5.41) is 5.61. The van der Waals surface area contributed by atoms with Gasteiger partial charge in [-0.25, -0.2) is 9.59 Å². The fourth-order valence-electron chi connectivity index (χ4n) is 3.98. The largest absolute Gasteiger partial charge is 0.466 e. The maximum Gasteiger partial charge on any atom is 0.338 e. The van der Waals surface area contributed by atoms with E-state index < -0.39 is 12.0 Å². The molecule has 0 bridgehead atoms. The number of hydrogen-bond acceptors (Lipinski definition) is 6. The molecule has 162 valence electrons. The molecule has 0 radical (unpaired) electrons. The number of piperidine rings is 1. The molecule has 2 atom stereocenters. The van der Waals surface area contributed by atoms with Gasteiger partial charge in [0.1, 0.15) is 0 Å². The van der Waals surface area contributed by atoms with Crippen LogP contribution in [0.3, 0.4) is 0 Å². The number of carbonyl (C=O) groups is 3. The average molecular weight is 415 g/mol. The minimum absolute atomic E-state index is 0.198. The van der Waals surface area contributed by atoms with Gasteiger partial charge in [-0.05, 0) is 38.8 Å². The minimum atomic E-state index is -0.604. The third-order valence-electron chi connectivity index (χ3n) is 5.48. The van der Waals surface area contributed by atoms with Crippen LogP contribution in [0.2, 0.25) is 0 Å². The van der Waals surface area contributed by atoms with E-state index in [2.05, 4.69) is 15.5 Å². The molecule has 0 saturated carbocycles. The molecule has 2 amide bonds. The van der Waals surface area contributed by atoms with Gasteiger partial charge in [0, 0.05) is 18.8 Å². The van der Waals surface area contributed by atoms with Crippen LogP contribution in [-0.2, 0) is 19.1 Å². The maximum absolute atomic E-state index is 12.7. The predicted molar refractivity (Wildman–Crippen MR) is 110 cm³/mol. The lowest BCUT2D eigenvalue weighted by Gasteiger charge is -2.35. The molecule has 3 rings (SSSR count). The lowest BCUT2D eigenvalue weighted by Crippen LogP contribution is -2.49. The number of hydrogen-bond donors (Lipinski definition) is 2. The summed E-state index contributed by atoms with van der Waals surface area (Å²) in [4.78, 5) is 39.3. The monoisotopic (exact) mass is 415 g/mol. The molecule has 1 aromatic carbocycles. The summed E-state index contributed by atoms with van der Waals surface area (Å²) in [6.07, 6.45) is 1.62. The van der Waals surface area contributed by atoms with Gasteiger partial charge in [0.2, 0.25) is 0 Å². The lowest BCUT2D eigenvalue weighted by atomic mass is 9.93. The molecule has 0 aromatic heterocycles. The van der Waals surface area contributed by atoms with Crippen LogP contribution >= 0.6 is 0 Å². The van der Waals surface area contributed by atoms with E-state index in [1.807, 2.05) is 31.2 Å². The van der Waals surface area contributed by atoms with Crippen LogP contribution in [0.5, 0.6) is 0 Å². The van der Waals surface area contributed by atoms with Gasteiger partial charge >= 0.3 is 18.0 Å². The Balaban J connectivity index is 1.88. The molecule has 8 heteroatoms. The van der Waals surface area contributed by atoms with E-state index in [1.165, 1.54) is 7.11 Å². The van der Waals surface area contributed by atoms with Gasteiger partial charge in [0.15, 0.2) is 0 Å². The van der Waals surface area contributed by atoms with Crippen LogP contribution in [0.25, 0.3) is 0 Å². The van der Waals surface area contributed by atoms with Crippen LogP contribution in [0, 0.1) is 12.8 Å². The second-order valence-corrected chi connectivity index (χ2v) is 7.65. The van der Waals surface area contributed by atoms with Crippen LogP contribution in [0.15, 0.2) is 35.5 Å². The van der Waals surface area contributed by atoms with Crippen molar-refractivity contribution >= 4 is 18.0 Å². The highest BCUT2D eigenvalue weighted by Gasteiger charge is 2.35. The van der Waals surface area contributed by atoms with Crippen molar-refractivity contribution in [2.24, 2.45) is 5.92 Å². The van der Waals surface area contributed by atoms with Gasteiger partial charge in [-0.2, -0.15) is 0 Å². The van der Waals surface area contributed by atoms with Gasteiger partial charge < -0.3 is 20.1 Å². The molecule has 30 heavy (non-hydrogen) atoms. The number of amides is 2. The van der Waals surface area contributed by atoms with Crippen LogP contribution < -0.4 is 10.6 Å². The van der Waals surface area contributed by atoms with E-state index in [0.29, 0.717) is 31.0 Å². The molecule has 1 fully saturated rings. The number of esters is 2. The van der Waals surface area contributed by atoms with E-state index in [0.717, 1.165) is 30.5 Å². The first-order valence-corrected chi connectivity index (χ1v) is 10.3. The van der Waals surface area contributed by atoms with E-state index in [4.69, 9.17) is 9.47 Å². The van der Waals surface area contributed by atoms with Crippen molar-refractivity contribution in [2.45, 2.75) is 32.7 Å². The molecule has 1 saturated heterocycles. The molecule has 8 nitrogen and oxygen atoms in total. The Morgan fingerprint density at radius 1 is 1.23 bits per heavy atom. The average Bonchev–Trinajstić information content (AvgIpc) is 2.74. The molecule has 2 aliphatic heterocycles. The normalized spacial score (nSPS) is 22.2. The van der Waals surface area contributed by atoms with Gasteiger partial charge in [0.25, 0.3) is 0 Å². The summed E-state index contributed by atoms with van der Waals surface area (Å²) in [5.74, 6) is -0.899. The number of nitrogens with one attached hydrogen (secondary N) is 2. The van der Waals surface area contributed by atoms with E-state index in [1.54, 1.807) is 6.92 Å². The number of urea groups is 1. The van der Waals surface area contributed by atoms with E-state index in [9.17, 15) is 14.4 Å². The number of benzene rings is 1. The third kappa shape index (κ3) is 4.99. The van der Waals surface area contributed by atoms with Crippen molar-refractivity contribution in [1.29, 1.82) is 0 Å². The highest BCUT2D eigenvalue weighted by Crippen LogP contribution is 2.29. The number of ether oxygens (including phenoxy) is 2. The SMILES string of the molecule is CCOC(=O)C1CCCN(CC2=C(C(=O)OC)C(c3ccc(C)cc3)NC(=O)N2)C1. The van der Waals surface area contributed by atoms with Gasteiger partial charge in [-0.3, -0.25) is 9.69 Å². The second-order valence-electron chi connectivity index (χ2n) is 7.65. The summed E-state index contributed by atoms with van der Waals surface area (Å²) in [6.45, 7) is 5.76. The van der Waals surface area contributed by atoms with Gasteiger partial charge in [0.05, 0.1) is 31.2 Å². The predicted octanol–water partition coefficient (Wildman–Crippen LogP) is 2.05.